The van der Waals surface area contributed by atoms with Crippen LogP contribution in [0.1, 0.15) is 32.6 Å². The normalized spacial score (nSPS) is 30.9. The third-order valence-electron chi connectivity index (χ3n) is 5.12. The highest BCUT2D eigenvalue weighted by Crippen LogP contribution is 2.49. The molecule has 0 amide bonds. The van der Waals surface area contributed by atoms with Crippen LogP contribution < -0.4 is 5.32 Å². The smallest absolute Gasteiger partial charge is 0.152 e. The van der Waals surface area contributed by atoms with Crippen molar-refractivity contribution in [2.45, 2.75) is 38.6 Å². The first-order valence-electron chi connectivity index (χ1n) is 7.36. The van der Waals surface area contributed by atoms with Crippen molar-refractivity contribution in [3.8, 4) is 0 Å². The van der Waals surface area contributed by atoms with Crippen molar-refractivity contribution in [1.82, 2.24) is 14.6 Å². The first-order chi connectivity index (χ1) is 9.31. The van der Waals surface area contributed by atoms with Gasteiger partial charge in [-0.15, -0.1) is 0 Å². The Kier molecular flexibility index (Phi) is 2.50. The largest absolute Gasteiger partial charge is 0.366 e. The van der Waals surface area contributed by atoms with Crippen molar-refractivity contribution in [2.24, 2.45) is 17.8 Å². The maximum Gasteiger partial charge on any atom is 0.152 e. The van der Waals surface area contributed by atoms with Gasteiger partial charge in [0.25, 0.3) is 0 Å². The molecule has 2 aromatic heterocycles. The molecule has 0 spiro atoms. The van der Waals surface area contributed by atoms with Crippen molar-refractivity contribution in [3.63, 3.8) is 0 Å². The molecule has 2 saturated carbocycles. The van der Waals surface area contributed by atoms with Gasteiger partial charge in [0.2, 0.25) is 0 Å². The summed E-state index contributed by atoms with van der Waals surface area (Å²) in [7, 11) is 0. The lowest BCUT2D eigenvalue weighted by Gasteiger charge is -2.29. The van der Waals surface area contributed by atoms with Crippen LogP contribution in [-0.4, -0.2) is 20.6 Å². The van der Waals surface area contributed by atoms with Gasteiger partial charge in [0.15, 0.2) is 5.82 Å². The molecule has 2 fully saturated rings. The maximum absolute atomic E-state index is 4.48. The molecule has 1 N–H and O–H groups in total. The van der Waals surface area contributed by atoms with Gasteiger partial charge in [-0.2, -0.15) is 5.10 Å². The van der Waals surface area contributed by atoms with E-state index in [2.05, 4.69) is 22.3 Å². The lowest BCUT2D eigenvalue weighted by Crippen LogP contribution is -2.30. The van der Waals surface area contributed by atoms with Crippen LogP contribution in [0.3, 0.4) is 0 Å². The molecule has 100 valence electrons. The minimum atomic E-state index is 0.504. The average Bonchev–Trinajstić information content (AvgIpc) is 3.14. The SMILES string of the molecule is CC(Nc1nccn2nccc12)C1CC2CCC1C2. The van der Waals surface area contributed by atoms with E-state index < -0.39 is 0 Å². The molecule has 2 aliphatic rings. The summed E-state index contributed by atoms with van der Waals surface area (Å²) in [6, 6.07) is 2.52. The number of nitrogens with one attached hydrogen (secondary N) is 1. The third-order valence-corrected chi connectivity index (χ3v) is 5.12. The summed E-state index contributed by atoms with van der Waals surface area (Å²) in [6.45, 7) is 2.31. The van der Waals surface area contributed by atoms with Crippen molar-refractivity contribution in [2.75, 3.05) is 5.32 Å². The van der Waals surface area contributed by atoms with Crippen molar-refractivity contribution >= 4 is 11.3 Å². The summed E-state index contributed by atoms with van der Waals surface area (Å²) in [6.07, 6.45) is 11.3. The Morgan fingerprint density at radius 1 is 1.32 bits per heavy atom. The molecular formula is C15H20N4. The average molecular weight is 256 g/mol. The van der Waals surface area contributed by atoms with E-state index in [1.807, 2.05) is 29.2 Å². The molecule has 19 heavy (non-hydrogen) atoms. The zero-order valence-corrected chi connectivity index (χ0v) is 11.3. The van der Waals surface area contributed by atoms with Gasteiger partial charge in [-0.3, -0.25) is 0 Å². The number of hydrogen-bond donors (Lipinski definition) is 1. The van der Waals surface area contributed by atoms with Crippen LogP contribution in [0.4, 0.5) is 5.82 Å². The van der Waals surface area contributed by atoms with Gasteiger partial charge in [-0.1, -0.05) is 6.42 Å². The van der Waals surface area contributed by atoms with Crippen molar-refractivity contribution in [1.29, 1.82) is 0 Å². The van der Waals surface area contributed by atoms with Crippen LogP contribution in [0.2, 0.25) is 0 Å². The molecule has 0 aromatic carbocycles. The van der Waals surface area contributed by atoms with E-state index in [1.54, 1.807) is 0 Å². The van der Waals surface area contributed by atoms with E-state index in [-0.39, 0.29) is 0 Å². The number of rotatable bonds is 3. The fourth-order valence-electron chi connectivity index (χ4n) is 4.20. The monoisotopic (exact) mass is 256 g/mol. The number of nitrogens with zero attached hydrogens (tertiary/aromatic N) is 3. The molecule has 4 rings (SSSR count). The second kappa shape index (κ2) is 4.22. The Hall–Kier alpha value is -1.58. The van der Waals surface area contributed by atoms with Gasteiger partial charge in [0.1, 0.15) is 5.52 Å². The molecule has 4 nitrogen and oxygen atoms in total. The topological polar surface area (TPSA) is 42.2 Å². The van der Waals surface area contributed by atoms with Gasteiger partial charge in [0, 0.05) is 18.4 Å². The molecule has 2 bridgehead atoms. The molecule has 0 radical (unpaired) electrons. The van der Waals surface area contributed by atoms with Crippen LogP contribution in [0.15, 0.2) is 24.7 Å². The first-order valence-corrected chi connectivity index (χ1v) is 7.36. The molecule has 4 atom stereocenters. The summed E-state index contributed by atoms with van der Waals surface area (Å²) in [5.74, 6) is 3.73. The number of fused-ring (bicyclic) bond motifs is 3. The lowest BCUT2D eigenvalue weighted by molar-refractivity contribution is 0.304. The van der Waals surface area contributed by atoms with Gasteiger partial charge in [-0.25, -0.2) is 9.50 Å². The van der Waals surface area contributed by atoms with Crippen LogP contribution in [0.5, 0.6) is 0 Å². The fraction of sp³-hybridized carbons (Fsp3) is 0.600. The molecule has 2 aliphatic carbocycles. The molecule has 2 aromatic rings. The van der Waals surface area contributed by atoms with E-state index in [0.29, 0.717) is 6.04 Å². The minimum Gasteiger partial charge on any atom is -0.366 e. The summed E-state index contributed by atoms with van der Waals surface area (Å²) in [5.41, 5.74) is 1.07. The lowest BCUT2D eigenvalue weighted by atomic mass is 9.84. The highest BCUT2D eigenvalue weighted by molar-refractivity contribution is 5.67. The van der Waals surface area contributed by atoms with Crippen LogP contribution in [-0.2, 0) is 0 Å². The van der Waals surface area contributed by atoms with E-state index in [9.17, 15) is 0 Å². The quantitative estimate of drug-likeness (QED) is 0.918. The van der Waals surface area contributed by atoms with Crippen LogP contribution in [0.25, 0.3) is 5.52 Å². The van der Waals surface area contributed by atoms with E-state index >= 15 is 0 Å². The van der Waals surface area contributed by atoms with Gasteiger partial charge < -0.3 is 5.32 Å². The summed E-state index contributed by atoms with van der Waals surface area (Å²) >= 11 is 0. The number of hydrogen-bond acceptors (Lipinski definition) is 3. The van der Waals surface area contributed by atoms with Gasteiger partial charge in [-0.05, 0) is 50.0 Å². The Morgan fingerprint density at radius 2 is 2.26 bits per heavy atom. The highest BCUT2D eigenvalue weighted by Gasteiger charge is 2.41. The van der Waals surface area contributed by atoms with Crippen molar-refractivity contribution in [3.05, 3.63) is 24.7 Å². The van der Waals surface area contributed by atoms with E-state index in [4.69, 9.17) is 0 Å². The summed E-state index contributed by atoms with van der Waals surface area (Å²) in [5, 5.41) is 7.88. The third kappa shape index (κ3) is 1.81. The first kappa shape index (κ1) is 11.3. The van der Waals surface area contributed by atoms with Gasteiger partial charge in [0.05, 0.1) is 6.20 Å². The zero-order chi connectivity index (χ0) is 12.8. The minimum absolute atomic E-state index is 0.504. The highest BCUT2D eigenvalue weighted by atomic mass is 15.2. The molecule has 4 heteroatoms. The van der Waals surface area contributed by atoms with E-state index in [0.717, 1.165) is 29.1 Å². The summed E-state index contributed by atoms with van der Waals surface area (Å²) in [4.78, 5) is 4.48. The second-order valence-electron chi connectivity index (χ2n) is 6.21. The van der Waals surface area contributed by atoms with Gasteiger partial charge >= 0.3 is 0 Å². The Balaban J connectivity index is 1.56. The second-order valence-corrected chi connectivity index (χ2v) is 6.21. The Bertz CT molecular complexity index is 591. The molecule has 4 unspecified atom stereocenters. The van der Waals surface area contributed by atoms with E-state index in [1.165, 1.54) is 25.7 Å². The summed E-state index contributed by atoms with van der Waals surface area (Å²) < 4.78 is 1.88. The Morgan fingerprint density at radius 3 is 3.05 bits per heavy atom. The maximum atomic E-state index is 4.48. The molecule has 0 aliphatic heterocycles. The predicted molar refractivity (Wildman–Crippen MR) is 75.0 cm³/mol. The van der Waals surface area contributed by atoms with Crippen LogP contribution in [0, 0.1) is 17.8 Å². The standard InChI is InChI=1S/C15H20N4/c1-10(13-9-11-2-3-12(13)8-11)18-15-14-4-5-17-19(14)7-6-16-15/h4-7,10-13H,2-3,8-9H2,1H3,(H,16,18). The number of anilines is 1. The fourth-order valence-corrected chi connectivity index (χ4v) is 4.20. The Labute approximate surface area is 113 Å². The number of aromatic nitrogens is 3. The molecular weight excluding hydrogens is 236 g/mol. The predicted octanol–water partition coefficient (Wildman–Crippen LogP) is 2.97. The zero-order valence-electron chi connectivity index (χ0n) is 11.3. The molecule has 0 saturated heterocycles. The van der Waals surface area contributed by atoms with Crippen LogP contribution >= 0.6 is 0 Å². The van der Waals surface area contributed by atoms with Crippen molar-refractivity contribution < 1.29 is 0 Å². The molecule has 2 heterocycles.